The molecule has 2 aliphatic heterocycles. The molecule has 1 unspecified atom stereocenters. The minimum atomic E-state index is -3.39. The van der Waals surface area contributed by atoms with Crippen molar-refractivity contribution in [1.82, 2.24) is 23.7 Å². The van der Waals surface area contributed by atoms with E-state index in [9.17, 15) is 8.42 Å². The summed E-state index contributed by atoms with van der Waals surface area (Å²) in [7, 11) is -3.39. The smallest absolute Gasteiger partial charge is 0.282 e. The summed E-state index contributed by atoms with van der Waals surface area (Å²) in [6.45, 7) is 7.78. The van der Waals surface area contributed by atoms with Crippen molar-refractivity contribution in [1.29, 1.82) is 0 Å². The summed E-state index contributed by atoms with van der Waals surface area (Å²) >= 11 is 0. The molecule has 1 atom stereocenters. The molecule has 0 radical (unpaired) electrons. The molecule has 2 fully saturated rings. The van der Waals surface area contributed by atoms with Crippen LogP contribution in [-0.2, 0) is 14.9 Å². The second-order valence-electron chi connectivity index (χ2n) is 5.79. The molecule has 3 rings (SSSR count). The van der Waals surface area contributed by atoms with Crippen LogP contribution < -0.4 is 0 Å². The molecule has 9 nitrogen and oxygen atoms in total. The highest BCUT2D eigenvalue weighted by Gasteiger charge is 2.34. The maximum atomic E-state index is 12.6. The predicted molar refractivity (Wildman–Crippen MR) is 81.9 cm³/mol. The maximum Gasteiger partial charge on any atom is 0.282 e. The van der Waals surface area contributed by atoms with Crippen LogP contribution in [0.1, 0.15) is 24.7 Å². The summed E-state index contributed by atoms with van der Waals surface area (Å²) in [6.07, 6.45) is 0. The van der Waals surface area contributed by atoms with Crippen molar-refractivity contribution in [2.45, 2.75) is 19.9 Å². The second kappa shape index (κ2) is 6.81. The fourth-order valence-electron chi connectivity index (χ4n) is 2.90. The van der Waals surface area contributed by atoms with E-state index in [4.69, 9.17) is 9.15 Å². The molecule has 10 heteroatoms. The molecular weight excluding hydrogens is 322 g/mol. The van der Waals surface area contributed by atoms with Crippen molar-refractivity contribution in [2.75, 3.05) is 52.5 Å². The first-order valence-electron chi connectivity index (χ1n) is 7.85. The van der Waals surface area contributed by atoms with Crippen LogP contribution in [0, 0.1) is 6.92 Å². The highest BCUT2D eigenvalue weighted by Crippen LogP contribution is 2.22. The minimum absolute atomic E-state index is 0.00978. The third-order valence-corrected chi connectivity index (χ3v) is 6.38. The Labute approximate surface area is 136 Å². The van der Waals surface area contributed by atoms with Gasteiger partial charge in [0.2, 0.25) is 11.8 Å². The van der Waals surface area contributed by atoms with E-state index in [0.29, 0.717) is 64.3 Å². The van der Waals surface area contributed by atoms with Crippen molar-refractivity contribution in [3.8, 4) is 0 Å². The monoisotopic (exact) mass is 345 g/mol. The lowest BCUT2D eigenvalue weighted by Gasteiger charge is -2.38. The van der Waals surface area contributed by atoms with Crippen LogP contribution in [-0.4, -0.2) is 84.6 Å². The normalized spacial score (nSPS) is 23.9. The second-order valence-corrected chi connectivity index (χ2v) is 7.72. The van der Waals surface area contributed by atoms with Gasteiger partial charge in [0.25, 0.3) is 10.2 Å². The van der Waals surface area contributed by atoms with Crippen LogP contribution in [0.25, 0.3) is 0 Å². The molecule has 2 saturated heterocycles. The molecule has 0 aromatic carbocycles. The van der Waals surface area contributed by atoms with Crippen molar-refractivity contribution >= 4 is 10.2 Å². The molecule has 0 aliphatic carbocycles. The van der Waals surface area contributed by atoms with Crippen LogP contribution in [0.15, 0.2) is 4.42 Å². The minimum Gasteiger partial charge on any atom is -0.424 e. The SMILES string of the molecule is Cc1nnc(C(C)N2CCN(S(=O)(=O)N3CCOCC3)CC2)o1. The van der Waals surface area contributed by atoms with E-state index in [0.717, 1.165) is 0 Å². The number of ether oxygens (including phenoxy) is 1. The van der Waals surface area contributed by atoms with Gasteiger partial charge in [-0.3, -0.25) is 4.90 Å². The third kappa shape index (κ3) is 3.56. The van der Waals surface area contributed by atoms with Crippen LogP contribution in [0.5, 0.6) is 0 Å². The number of aromatic nitrogens is 2. The Morgan fingerprint density at radius 2 is 1.61 bits per heavy atom. The summed E-state index contributed by atoms with van der Waals surface area (Å²) in [4.78, 5) is 2.16. The van der Waals surface area contributed by atoms with Gasteiger partial charge < -0.3 is 9.15 Å². The fourth-order valence-corrected chi connectivity index (χ4v) is 4.46. The highest BCUT2D eigenvalue weighted by atomic mass is 32.2. The van der Waals surface area contributed by atoms with Gasteiger partial charge in [0, 0.05) is 46.2 Å². The summed E-state index contributed by atoms with van der Waals surface area (Å²) in [6, 6.07) is -0.00978. The van der Waals surface area contributed by atoms with Crippen molar-refractivity contribution in [3.05, 3.63) is 11.8 Å². The van der Waals surface area contributed by atoms with Gasteiger partial charge in [0.15, 0.2) is 0 Å². The average molecular weight is 345 g/mol. The van der Waals surface area contributed by atoms with Gasteiger partial charge in [-0.25, -0.2) is 0 Å². The zero-order chi connectivity index (χ0) is 16.4. The van der Waals surface area contributed by atoms with Crippen LogP contribution in [0.2, 0.25) is 0 Å². The van der Waals surface area contributed by atoms with Gasteiger partial charge in [-0.2, -0.15) is 17.0 Å². The number of morpholine rings is 1. The molecule has 0 amide bonds. The molecule has 0 bridgehead atoms. The van der Waals surface area contributed by atoms with E-state index in [1.165, 1.54) is 4.31 Å². The van der Waals surface area contributed by atoms with Gasteiger partial charge in [-0.15, -0.1) is 10.2 Å². The highest BCUT2D eigenvalue weighted by molar-refractivity contribution is 7.86. The molecule has 0 spiro atoms. The van der Waals surface area contributed by atoms with Crippen LogP contribution in [0.4, 0.5) is 0 Å². The summed E-state index contributed by atoms with van der Waals surface area (Å²) in [5.41, 5.74) is 0. The molecule has 3 heterocycles. The molecular formula is C13H23N5O4S. The van der Waals surface area contributed by atoms with Gasteiger partial charge in [-0.1, -0.05) is 0 Å². The predicted octanol–water partition coefficient (Wildman–Crippen LogP) is -0.366. The Bertz CT molecular complexity index is 620. The number of hydrogen-bond donors (Lipinski definition) is 0. The van der Waals surface area contributed by atoms with E-state index < -0.39 is 10.2 Å². The Kier molecular flexibility index (Phi) is 4.97. The lowest BCUT2D eigenvalue weighted by molar-refractivity contribution is 0.0670. The van der Waals surface area contributed by atoms with Crippen molar-refractivity contribution < 1.29 is 17.6 Å². The van der Waals surface area contributed by atoms with Gasteiger partial charge in [0.1, 0.15) is 0 Å². The topological polar surface area (TPSA) is 92.0 Å². The summed E-state index contributed by atoms with van der Waals surface area (Å²) in [5, 5.41) is 7.90. The molecule has 1 aromatic heterocycles. The van der Waals surface area contributed by atoms with Crippen LogP contribution in [0.3, 0.4) is 0 Å². The number of rotatable bonds is 4. The molecule has 23 heavy (non-hydrogen) atoms. The van der Waals surface area contributed by atoms with Gasteiger partial charge in [-0.05, 0) is 6.92 Å². The molecule has 2 aliphatic rings. The first kappa shape index (κ1) is 16.8. The van der Waals surface area contributed by atoms with E-state index in [-0.39, 0.29) is 6.04 Å². The molecule has 130 valence electrons. The lowest BCUT2D eigenvalue weighted by Crippen LogP contribution is -2.55. The number of hydrogen-bond acceptors (Lipinski definition) is 7. The first-order chi connectivity index (χ1) is 11.0. The molecule has 0 N–H and O–H groups in total. The van der Waals surface area contributed by atoms with E-state index >= 15 is 0 Å². The van der Waals surface area contributed by atoms with Crippen molar-refractivity contribution in [3.63, 3.8) is 0 Å². The van der Waals surface area contributed by atoms with Crippen molar-refractivity contribution in [2.24, 2.45) is 0 Å². The number of nitrogens with zero attached hydrogens (tertiary/aromatic N) is 5. The Hall–Kier alpha value is -1.07. The van der Waals surface area contributed by atoms with Gasteiger partial charge >= 0.3 is 0 Å². The van der Waals surface area contributed by atoms with Gasteiger partial charge in [0.05, 0.1) is 19.3 Å². The molecule has 0 saturated carbocycles. The average Bonchev–Trinajstić information content (AvgIpc) is 3.01. The first-order valence-corrected chi connectivity index (χ1v) is 9.25. The Balaban J connectivity index is 1.59. The van der Waals surface area contributed by atoms with Crippen LogP contribution >= 0.6 is 0 Å². The lowest BCUT2D eigenvalue weighted by atomic mass is 10.2. The number of piperazine rings is 1. The fraction of sp³-hybridized carbons (Fsp3) is 0.846. The Morgan fingerprint density at radius 3 is 2.17 bits per heavy atom. The number of aryl methyl sites for hydroxylation is 1. The zero-order valence-electron chi connectivity index (χ0n) is 13.5. The standard InChI is InChI=1S/C13H23N5O4S/c1-11(13-15-14-12(2)22-13)16-3-5-17(6-4-16)23(19,20)18-7-9-21-10-8-18/h11H,3-10H2,1-2H3. The molecule has 1 aromatic rings. The summed E-state index contributed by atoms with van der Waals surface area (Å²) in [5.74, 6) is 1.12. The quantitative estimate of drug-likeness (QED) is 0.735. The largest absolute Gasteiger partial charge is 0.424 e. The van der Waals surface area contributed by atoms with E-state index in [1.54, 1.807) is 11.2 Å². The van der Waals surface area contributed by atoms with E-state index in [1.807, 2.05) is 6.92 Å². The van der Waals surface area contributed by atoms with E-state index in [2.05, 4.69) is 15.1 Å². The Morgan fingerprint density at radius 1 is 1.00 bits per heavy atom. The summed E-state index contributed by atoms with van der Waals surface area (Å²) < 4.78 is 39.0. The maximum absolute atomic E-state index is 12.6. The zero-order valence-corrected chi connectivity index (χ0v) is 14.3. The third-order valence-electron chi connectivity index (χ3n) is 4.34.